The summed E-state index contributed by atoms with van der Waals surface area (Å²) in [6.07, 6.45) is 18.1. The fourth-order valence-electron chi connectivity index (χ4n) is 7.45. The molecule has 2 aromatic carbocycles. The van der Waals surface area contributed by atoms with Crippen LogP contribution in [0.3, 0.4) is 0 Å². The largest absolute Gasteiger partial charge is 0.357 e. The first-order valence-corrected chi connectivity index (χ1v) is 16.4. The van der Waals surface area contributed by atoms with Crippen LogP contribution in [0.25, 0.3) is 11.1 Å². The lowest BCUT2D eigenvalue weighted by Gasteiger charge is -2.33. The minimum atomic E-state index is -0.150. The standard InChI is InChI=1S/C38H46N4O/c1-27-24-39-35(41-37(27)33-11-7-4-8-12-33)23-28-13-15-31(16-14-28)36(38(43)40-25-29-9-5-3-6-10-29)32-19-17-30(18-20-32)34-21-22-42(2)26-34/h3,5-6,9-10,17-22,24,26,28,31,33,36H,4,7-8,11-16,23,25H2,1-2H3,(H,40,43). The van der Waals surface area contributed by atoms with Crippen LogP contribution in [0.1, 0.15) is 97.8 Å². The van der Waals surface area contributed by atoms with Gasteiger partial charge in [-0.15, -0.1) is 0 Å². The SMILES string of the molecule is Cc1cnc(CC2CCC(C(C(=O)NCc3ccccc3)c3ccc(-c4ccn(C)c4)cc3)CC2)nc1C1CCCCC1. The third-order valence-corrected chi connectivity index (χ3v) is 9.91. The number of carbonyl (C=O) groups is 1. The number of nitrogens with zero attached hydrogens (tertiary/aromatic N) is 3. The van der Waals surface area contributed by atoms with Crippen LogP contribution >= 0.6 is 0 Å². The van der Waals surface area contributed by atoms with E-state index in [1.165, 1.54) is 54.5 Å². The zero-order chi connectivity index (χ0) is 29.6. The Hall–Kier alpha value is -3.73. The molecule has 2 aliphatic carbocycles. The van der Waals surface area contributed by atoms with E-state index in [2.05, 4.69) is 77.9 Å². The van der Waals surface area contributed by atoms with Gasteiger partial charge in [0.25, 0.3) is 0 Å². The van der Waals surface area contributed by atoms with Crippen molar-refractivity contribution in [3.63, 3.8) is 0 Å². The Kier molecular flexibility index (Phi) is 9.36. The number of aromatic nitrogens is 3. The lowest BCUT2D eigenvalue weighted by molar-refractivity contribution is -0.124. The lowest BCUT2D eigenvalue weighted by Crippen LogP contribution is -2.35. The number of hydrogen-bond donors (Lipinski definition) is 1. The van der Waals surface area contributed by atoms with Gasteiger partial charge in [0.05, 0.1) is 11.6 Å². The summed E-state index contributed by atoms with van der Waals surface area (Å²) in [5.41, 5.74) is 7.18. The van der Waals surface area contributed by atoms with E-state index in [0.29, 0.717) is 24.3 Å². The predicted molar refractivity (Wildman–Crippen MR) is 174 cm³/mol. The molecule has 0 aliphatic heterocycles. The highest BCUT2D eigenvalue weighted by atomic mass is 16.1. The Morgan fingerprint density at radius 3 is 2.35 bits per heavy atom. The molecule has 0 spiro atoms. The Morgan fingerprint density at radius 1 is 0.907 bits per heavy atom. The van der Waals surface area contributed by atoms with Crippen LogP contribution in [0.15, 0.2) is 79.3 Å². The summed E-state index contributed by atoms with van der Waals surface area (Å²) in [5, 5.41) is 3.28. The van der Waals surface area contributed by atoms with Gasteiger partial charge >= 0.3 is 0 Å². The van der Waals surface area contributed by atoms with E-state index < -0.39 is 0 Å². The van der Waals surface area contributed by atoms with Crippen molar-refractivity contribution in [2.45, 2.75) is 89.5 Å². The number of amides is 1. The van der Waals surface area contributed by atoms with Crippen LogP contribution in [0.5, 0.6) is 0 Å². The van der Waals surface area contributed by atoms with E-state index in [4.69, 9.17) is 9.97 Å². The fraction of sp³-hybridized carbons (Fsp3) is 0.447. The molecule has 2 fully saturated rings. The monoisotopic (exact) mass is 574 g/mol. The van der Waals surface area contributed by atoms with Gasteiger partial charge in [-0.25, -0.2) is 9.97 Å². The second-order valence-corrected chi connectivity index (χ2v) is 13.0. The third kappa shape index (κ3) is 7.26. The Balaban J connectivity index is 1.14. The highest BCUT2D eigenvalue weighted by Gasteiger charge is 2.34. The van der Waals surface area contributed by atoms with Crippen molar-refractivity contribution < 1.29 is 4.79 Å². The fourth-order valence-corrected chi connectivity index (χ4v) is 7.45. The van der Waals surface area contributed by atoms with Gasteiger partial charge in [-0.2, -0.15) is 0 Å². The van der Waals surface area contributed by atoms with Crippen molar-refractivity contribution >= 4 is 5.91 Å². The molecule has 2 heterocycles. The quantitative estimate of drug-likeness (QED) is 0.219. The van der Waals surface area contributed by atoms with Crippen molar-refractivity contribution in [2.75, 3.05) is 0 Å². The second kappa shape index (κ2) is 13.7. The van der Waals surface area contributed by atoms with Crippen LogP contribution in [0, 0.1) is 18.8 Å². The van der Waals surface area contributed by atoms with Gasteiger partial charge in [0, 0.05) is 44.5 Å². The zero-order valence-electron chi connectivity index (χ0n) is 25.8. The highest BCUT2D eigenvalue weighted by molar-refractivity contribution is 5.84. The van der Waals surface area contributed by atoms with Gasteiger partial charge in [0.1, 0.15) is 5.82 Å². The van der Waals surface area contributed by atoms with Crippen molar-refractivity contribution in [1.82, 2.24) is 19.9 Å². The molecule has 0 saturated heterocycles. The van der Waals surface area contributed by atoms with Crippen molar-refractivity contribution in [3.8, 4) is 11.1 Å². The lowest BCUT2D eigenvalue weighted by atomic mass is 9.72. The molecule has 2 aromatic heterocycles. The first-order chi connectivity index (χ1) is 21.0. The molecule has 1 unspecified atom stereocenters. The van der Waals surface area contributed by atoms with E-state index in [9.17, 15) is 4.79 Å². The van der Waals surface area contributed by atoms with E-state index >= 15 is 0 Å². The Morgan fingerprint density at radius 2 is 1.65 bits per heavy atom. The summed E-state index contributed by atoms with van der Waals surface area (Å²) in [6, 6.07) is 21.0. The normalized spacial score (nSPS) is 20.0. The maximum atomic E-state index is 13.8. The molecule has 1 amide bonds. The highest BCUT2D eigenvalue weighted by Crippen LogP contribution is 2.40. The van der Waals surface area contributed by atoms with Gasteiger partial charge in [-0.3, -0.25) is 4.79 Å². The van der Waals surface area contributed by atoms with E-state index in [1.807, 2.05) is 25.2 Å². The molecule has 2 aliphatic rings. The van der Waals surface area contributed by atoms with Gasteiger partial charge < -0.3 is 9.88 Å². The molecule has 43 heavy (non-hydrogen) atoms. The summed E-state index contributed by atoms with van der Waals surface area (Å²) in [4.78, 5) is 23.7. The maximum absolute atomic E-state index is 13.8. The third-order valence-electron chi connectivity index (χ3n) is 9.91. The molecule has 5 nitrogen and oxygen atoms in total. The molecule has 1 atom stereocenters. The van der Waals surface area contributed by atoms with E-state index in [0.717, 1.165) is 49.1 Å². The van der Waals surface area contributed by atoms with Crippen LogP contribution in [0.2, 0.25) is 0 Å². The van der Waals surface area contributed by atoms with Gasteiger partial charge in [0.2, 0.25) is 5.91 Å². The predicted octanol–water partition coefficient (Wildman–Crippen LogP) is 8.29. The summed E-state index contributed by atoms with van der Waals surface area (Å²) < 4.78 is 2.07. The van der Waals surface area contributed by atoms with Crippen molar-refractivity contribution in [3.05, 3.63) is 107 Å². The van der Waals surface area contributed by atoms with E-state index in [1.54, 1.807) is 0 Å². The molecule has 0 bridgehead atoms. The van der Waals surface area contributed by atoms with Gasteiger partial charge in [-0.1, -0.05) is 73.9 Å². The number of nitrogens with one attached hydrogen (secondary N) is 1. The number of hydrogen-bond acceptors (Lipinski definition) is 3. The minimum absolute atomic E-state index is 0.138. The molecule has 1 N–H and O–H groups in total. The molecule has 6 rings (SSSR count). The summed E-state index contributed by atoms with van der Waals surface area (Å²) in [6.45, 7) is 2.73. The van der Waals surface area contributed by atoms with Crippen LogP contribution < -0.4 is 5.32 Å². The molecular weight excluding hydrogens is 528 g/mol. The number of aryl methyl sites for hydroxylation is 2. The second-order valence-electron chi connectivity index (χ2n) is 13.0. The molecule has 224 valence electrons. The number of rotatable bonds is 9. The first-order valence-electron chi connectivity index (χ1n) is 16.4. The Labute approximate surface area is 257 Å². The molecule has 2 saturated carbocycles. The summed E-state index contributed by atoms with van der Waals surface area (Å²) >= 11 is 0. The number of carbonyl (C=O) groups excluding carboxylic acids is 1. The van der Waals surface area contributed by atoms with Crippen molar-refractivity contribution in [1.29, 1.82) is 0 Å². The van der Waals surface area contributed by atoms with Gasteiger partial charge in [-0.05, 0) is 91.2 Å². The molecule has 5 heteroatoms. The van der Waals surface area contributed by atoms with Crippen molar-refractivity contribution in [2.24, 2.45) is 18.9 Å². The molecule has 4 aromatic rings. The summed E-state index contributed by atoms with van der Waals surface area (Å²) in [7, 11) is 2.04. The van der Waals surface area contributed by atoms with E-state index in [-0.39, 0.29) is 11.8 Å². The Bertz CT molecular complexity index is 1480. The average molecular weight is 575 g/mol. The summed E-state index contributed by atoms with van der Waals surface area (Å²) in [5.74, 6) is 2.51. The maximum Gasteiger partial charge on any atom is 0.228 e. The minimum Gasteiger partial charge on any atom is -0.357 e. The molecular formula is C38H46N4O. The average Bonchev–Trinajstić information content (AvgIpc) is 3.49. The molecule has 0 radical (unpaired) electrons. The van der Waals surface area contributed by atoms with Crippen LogP contribution in [0.4, 0.5) is 0 Å². The van der Waals surface area contributed by atoms with Crippen LogP contribution in [-0.2, 0) is 24.8 Å². The number of benzene rings is 2. The van der Waals surface area contributed by atoms with Crippen LogP contribution in [-0.4, -0.2) is 20.4 Å². The smallest absolute Gasteiger partial charge is 0.228 e. The first kappa shape index (κ1) is 29.3. The zero-order valence-corrected chi connectivity index (χ0v) is 25.8. The topological polar surface area (TPSA) is 59.8 Å². The van der Waals surface area contributed by atoms with Gasteiger partial charge in [0.15, 0.2) is 0 Å².